The number of ether oxygens (including phenoxy) is 1. The molecule has 2 aliphatic heterocycles. The van der Waals surface area contributed by atoms with Gasteiger partial charge in [0.2, 0.25) is 11.8 Å². The predicted octanol–water partition coefficient (Wildman–Crippen LogP) is 4.20. The zero-order valence-electron chi connectivity index (χ0n) is 19.9. The van der Waals surface area contributed by atoms with Gasteiger partial charge < -0.3 is 19.9 Å². The van der Waals surface area contributed by atoms with E-state index in [4.69, 9.17) is 9.72 Å². The molecular weight excluding hydrogens is 475 g/mol. The van der Waals surface area contributed by atoms with Crippen LogP contribution in [-0.4, -0.2) is 45.0 Å². The molecule has 9 nitrogen and oxygen atoms in total. The van der Waals surface area contributed by atoms with Crippen LogP contribution in [0.25, 0.3) is 0 Å². The molecule has 5 rings (SSSR count). The second-order valence-electron chi connectivity index (χ2n) is 9.18. The van der Waals surface area contributed by atoms with E-state index in [2.05, 4.69) is 20.3 Å². The summed E-state index contributed by atoms with van der Waals surface area (Å²) >= 11 is 0. The van der Waals surface area contributed by atoms with E-state index in [0.717, 1.165) is 47.9 Å². The van der Waals surface area contributed by atoms with Crippen LogP contribution >= 0.6 is 0 Å². The number of likely N-dealkylation sites (N-methyl/N-ethyl adjacent to an activating group) is 1. The Morgan fingerprint density at radius 1 is 1.11 bits per heavy atom. The van der Waals surface area contributed by atoms with Crippen molar-refractivity contribution in [2.75, 3.05) is 28.7 Å². The van der Waals surface area contributed by atoms with Crippen LogP contribution in [0, 0.1) is 0 Å². The molecule has 0 fully saturated rings. The number of halogens is 3. The Morgan fingerprint density at radius 3 is 2.58 bits per heavy atom. The Bertz CT molecular complexity index is 1290. The maximum Gasteiger partial charge on any atom is 0.433 e. The minimum Gasteiger partial charge on any atom is -0.437 e. The largest absolute Gasteiger partial charge is 0.437 e. The number of pyridine rings is 2. The fourth-order valence-corrected chi connectivity index (χ4v) is 4.20. The summed E-state index contributed by atoms with van der Waals surface area (Å²) in [6, 6.07) is 5.45. The SMILES string of the molecule is CN1c2nc(NCc3ccc(Oc4ccc(C(F)(F)F)nc4)nc3)nc3c2N(CCC3)C(=O)C1(C)C. The summed E-state index contributed by atoms with van der Waals surface area (Å²) in [5.41, 5.74) is 0.761. The number of carbonyl (C=O) groups is 1. The van der Waals surface area contributed by atoms with Crippen molar-refractivity contribution in [2.24, 2.45) is 0 Å². The lowest BCUT2D eigenvalue weighted by Gasteiger charge is -2.47. The first-order valence-electron chi connectivity index (χ1n) is 11.4. The Labute approximate surface area is 205 Å². The highest BCUT2D eigenvalue weighted by Gasteiger charge is 2.46. The first-order chi connectivity index (χ1) is 17.0. The summed E-state index contributed by atoms with van der Waals surface area (Å²) in [6.45, 7) is 4.83. The predicted molar refractivity (Wildman–Crippen MR) is 126 cm³/mol. The molecule has 188 valence electrons. The molecule has 0 radical (unpaired) electrons. The Hall–Kier alpha value is -3.96. The summed E-state index contributed by atoms with van der Waals surface area (Å²) in [6.07, 6.45) is -0.295. The molecule has 0 saturated heterocycles. The minimum absolute atomic E-state index is 0.0446. The molecule has 36 heavy (non-hydrogen) atoms. The van der Waals surface area contributed by atoms with Gasteiger partial charge in [-0.25, -0.2) is 15.0 Å². The molecule has 0 saturated carbocycles. The molecule has 5 heterocycles. The van der Waals surface area contributed by atoms with E-state index in [-0.39, 0.29) is 17.5 Å². The number of nitrogens with zero attached hydrogens (tertiary/aromatic N) is 6. The van der Waals surface area contributed by atoms with Gasteiger partial charge in [0.05, 0.1) is 11.9 Å². The van der Waals surface area contributed by atoms with Gasteiger partial charge in [0.25, 0.3) is 5.91 Å². The lowest BCUT2D eigenvalue weighted by atomic mass is 9.94. The van der Waals surface area contributed by atoms with Crippen LogP contribution in [0.4, 0.5) is 30.6 Å². The summed E-state index contributed by atoms with van der Waals surface area (Å²) < 4.78 is 43.4. The lowest BCUT2D eigenvalue weighted by molar-refractivity contribution is -0.141. The maximum absolute atomic E-state index is 13.0. The quantitative estimate of drug-likeness (QED) is 0.558. The number of carbonyl (C=O) groups excluding carboxylic acids is 1. The van der Waals surface area contributed by atoms with E-state index in [1.54, 1.807) is 23.2 Å². The molecule has 0 unspecified atom stereocenters. The monoisotopic (exact) mass is 499 g/mol. The first kappa shape index (κ1) is 23.8. The molecule has 0 aromatic carbocycles. The molecule has 3 aromatic rings. The fraction of sp³-hybridized carbons (Fsp3) is 0.375. The minimum atomic E-state index is -4.51. The number of aromatic nitrogens is 4. The number of aryl methyl sites for hydroxylation is 1. The van der Waals surface area contributed by atoms with E-state index in [1.165, 1.54) is 6.07 Å². The van der Waals surface area contributed by atoms with Gasteiger partial charge in [0, 0.05) is 32.4 Å². The van der Waals surface area contributed by atoms with Crippen molar-refractivity contribution in [3.8, 4) is 11.6 Å². The smallest absolute Gasteiger partial charge is 0.433 e. The van der Waals surface area contributed by atoms with Crippen molar-refractivity contribution < 1.29 is 22.7 Å². The van der Waals surface area contributed by atoms with E-state index < -0.39 is 17.4 Å². The average molecular weight is 499 g/mol. The number of nitrogens with one attached hydrogen (secondary N) is 1. The molecule has 3 aromatic heterocycles. The van der Waals surface area contributed by atoms with Crippen LogP contribution in [-0.2, 0) is 23.9 Å². The number of anilines is 3. The van der Waals surface area contributed by atoms with Gasteiger partial charge in [-0.15, -0.1) is 0 Å². The van der Waals surface area contributed by atoms with Gasteiger partial charge in [0.1, 0.15) is 22.7 Å². The van der Waals surface area contributed by atoms with Crippen LogP contribution in [0.5, 0.6) is 11.6 Å². The van der Waals surface area contributed by atoms with Gasteiger partial charge in [0.15, 0.2) is 5.82 Å². The van der Waals surface area contributed by atoms with Crippen molar-refractivity contribution >= 4 is 23.4 Å². The molecule has 1 amide bonds. The van der Waals surface area contributed by atoms with Crippen LogP contribution in [0.15, 0.2) is 36.7 Å². The van der Waals surface area contributed by atoms with Crippen LogP contribution in [0.1, 0.15) is 37.2 Å². The standard InChI is InChI=1S/C24H24F3N7O2/c1-23(2)21(35)34-10-4-5-16-19(34)20(33(23)3)32-22(31-16)30-12-14-6-9-18(29-11-14)36-15-7-8-17(28-13-15)24(25,26)27/h6-9,11,13H,4-5,10,12H2,1-3H3,(H,30,31,32). The molecule has 0 bridgehead atoms. The van der Waals surface area contributed by atoms with Crippen molar-refractivity contribution in [2.45, 2.75) is 44.9 Å². The summed E-state index contributed by atoms with van der Waals surface area (Å²) in [5.74, 6) is 1.60. The average Bonchev–Trinajstić information content (AvgIpc) is 2.85. The fourth-order valence-electron chi connectivity index (χ4n) is 4.20. The highest BCUT2D eigenvalue weighted by Crippen LogP contribution is 2.42. The van der Waals surface area contributed by atoms with Gasteiger partial charge in [-0.2, -0.15) is 18.2 Å². The molecule has 1 N–H and O–H groups in total. The second kappa shape index (κ2) is 8.61. The second-order valence-corrected chi connectivity index (χ2v) is 9.18. The van der Waals surface area contributed by atoms with E-state index >= 15 is 0 Å². The molecule has 0 atom stereocenters. The molecule has 0 aliphatic carbocycles. The summed E-state index contributed by atoms with van der Waals surface area (Å²) in [4.78, 5) is 33.6. The van der Waals surface area contributed by atoms with Crippen LogP contribution < -0.4 is 19.9 Å². The first-order valence-corrected chi connectivity index (χ1v) is 11.4. The zero-order valence-corrected chi connectivity index (χ0v) is 19.9. The number of alkyl halides is 3. The van der Waals surface area contributed by atoms with Gasteiger partial charge in [-0.1, -0.05) is 6.07 Å². The summed E-state index contributed by atoms with van der Waals surface area (Å²) in [7, 11) is 1.87. The Kier molecular flexibility index (Phi) is 5.68. The zero-order chi connectivity index (χ0) is 25.7. The lowest BCUT2D eigenvalue weighted by Crippen LogP contribution is -2.60. The van der Waals surface area contributed by atoms with Gasteiger partial charge in [-0.3, -0.25) is 4.79 Å². The molecule has 0 spiro atoms. The van der Waals surface area contributed by atoms with Crippen molar-refractivity contribution in [1.29, 1.82) is 0 Å². The highest BCUT2D eigenvalue weighted by molar-refractivity contribution is 6.08. The highest BCUT2D eigenvalue weighted by atomic mass is 19.4. The van der Waals surface area contributed by atoms with Gasteiger partial charge >= 0.3 is 6.18 Å². The number of hydrogen-bond acceptors (Lipinski definition) is 8. The summed E-state index contributed by atoms with van der Waals surface area (Å²) in [5, 5.41) is 3.22. The maximum atomic E-state index is 13.0. The van der Waals surface area contributed by atoms with E-state index in [0.29, 0.717) is 19.0 Å². The number of hydrogen-bond donors (Lipinski definition) is 1. The third kappa shape index (κ3) is 4.27. The third-order valence-electron chi connectivity index (χ3n) is 6.43. The van der Waals surface area contributed by atoms with Crippen LogP contribution in [0.2, 0.25) is 0 Å². The van der Waals surface area contributed by atoms with Crippen molar-refractivity contribution in [3.63, 3.8) is 0 Å². The van der Waals surface area contributed by atoms with Crippen molar-refractivity contribution in [1.82, 2.24) is 19.9 Å². The Balaban J connectivity index is 1.28. The van der Waals surface area contributed by atoms with Crippen molar-refractivity contribution in [3.05, 3.63) is 53.6 Å². The molecular formula is C24H24F3N7O2. The Morgan fingerprint density at radius 2 is 1.92 bits per heavy atom. The van der Waals surface area contributed by atoms with Crippen LogP contribution in [0.3, 0.4) is 0 Å². The van der Waals surface area contributed by atoms with E-state index in [9.17, 15) is 18.0 Å². The number of amides is 1. The van der Waals surface area contributed by atoms with E-state index in [1.807, 2.05) is 25.8 Å². The number of rotatable bonds is 5. The van der Waals surface area contributed by atoms with Gasteiger partial charge in [-0.05, 0) is 44.4 Å². The molecule has 2 aliphatic rings. The topological polar surface area (TPSA) is 96.4 Å². The molecule has 12 heteroatoms. The third-order valence-corrected chi connectivity index (χ3v) is 6.43. The normalized spacial score (nSPS) is 16.6.